The Morgan fingerprint density at radius 2 is 1.03 bits per heavy atom. The molecule has 0 amide bonds. The molecule has 32 heavy (non-hydrogen) atoms. The van der Waals surface area contributed by atoms with Gasteiger partial charge in [-0.2, -0.15) is 0 Å². The highest BCUT2D eigenvalue weighted by Gasteiger charge is 2.21. The monoisotopic (exact) mass is 410 g/mol. The van der Waals surface area contributed by atoms with Crippen molar-refractivity contribution in [2.45, 2.75) is 12.3 Å². The van der Waals surface area contributed by atoms with Gasteiger partial charge in [-0.05, 0) is 59.5 Å². The number of nitrogens with zero attached hydrogens (tertiary/aromatic N) is 2. The van der Waals surface area contributed by atoms with E-state index in [0.29, 0.717) is 0 Å². The molecule has 0 saturated carbocycles. The summed E-state index contributed by atoms with van der Waals surface area (Å²) in [5, 5.41) is 0. The Bertz CT molecular complexity index is 1320. The van der Waals surface area contributed by atoms with Gasteiger partial charge in [0, 0.05) is 11.1 Å². The Labute approximate surface area is 188 Å². The molecule has 2 aromatic heterocycles. The molecule has 0 spiro atoms. The van der Waals surface area contributed by atoms with Crippen LogP contribution < -0.4 is 0 Å². The molecule has 5 aromatic rings. The van der Waals surface area contributed by atoms with E-state index in [0.717, 1.165) is 40.3 Å². The van der Waals surface area contributed by atoms with Crippen LogP contribution in [0.5, 0.6) is 0 Å². The predicted molar refractivity (Wildman–Crippen MR) is 130 cm³/mol. The van der Waals surface area contributed by atoms with Crippen LogP contribution in [0.2, 0.25) is 0 Å². The van der Waals surface area contributed by atoms with Crippen molar-refractivity contribution in [2.24, 2.45) is 0 Å². The molecule has 0 radical (unpaired) electrons. The first-order valence-electron chi connectivity index (χ1n) is 11.0. The van der Waals surface area contributed by atoms with Crippen molar-refractivity contribution in [3.05, 3.63) is 143 Å². The summed E-state index contributed by atoms with van der Waals surface area (Å²) in [6, 6.07) is 40.7. The fourth-order valence-electron chi connectivity index (χ4n) is 4.60. The molecular formula is C30H22N2. The van der Waals surface area contributed by atoms with Crippen molar-refractivity contribution >= 4 is 0 Å². The first kappa shape index (κ1) is 18.7. The van der Waals surface area contributed by atoms with E-state index in [1.165, 1.54) is 16.7 Å². The zero-order chi connectivity index (χ0) is 21.3. The van der Waals surface area contributed by atoms with E-state index in [4.69, 9.17) is 9.97 Å². The van der Waals surface area contributed by atoms with Gasteiger partial charge in [0.2, 0.25) is 0 Å². The summed E-state index contributed by atoms with van der Waals surface area (Å²) in [6.45, 7) is 0. The lowest BCUT2D eigenvalue weighted by atomic mass is 9.90. The standard InChI is InChI=1S/C30H22N2/c1-2-10-23(11-3-1)30-28-16-6-14-26(31-28)24-12-4-8-21(19-24)18-22-9-5-13-25(20-22)27-15-7-17-29(30)32-27/h1-17,19-20,30H,18H2. The number of aromatic nitrogens is 2. The zero-order valence-corrected chi connectivity index (χ0v) is 17.6. The molecule has 3 aromatic carbocycles. The van der Waals surface area contributed by atoms with Gasteiger partial charge in [-0.15, -0.1) is 0 Å². The first-order chi connectivity index (χ1) is 15.8. The third kappa shape index (κ3) is 3.50. The second-order valence-corrected chi connectivity index (χ2v) is 8.32. The highest BCUT2D eigenvalue weighted by molar-refractivity contribution is 5.63. The third-order valence-corrected chi connectivity index (χ3v) is 6.12. The molecule has 6 rings (SSSR count). The minimum Gasteiger partial charge on any atom is -0.252 e. The number of rotatable bonds is 1. The van der Waals surface area contributed by atoms with Crippen LogP contribution in [0.25, 0.3) is 22.5 Å². The Morgan fingerprint density at radius 3 is 1.59 bits per heavy atom. The fraction of sp³-hybridized carbons (Fsp3) is 0.0667. The van der Waals surface area contributed by atoms with Gasteiger partial charge < -0.3 is 0 Å². The van der Waals surface area contributed by atoms with Crippen LogP contribution in [0.1, 0.15) is 34.0 Å². The van der Waals surface area contributed by atoms with Crippen molar-refractivity contribution in [3.8, 4) is 22.5 Å². The van der Waals surface area contributed by atoms with E-state index in [-0.39, 0.29) is 5.92 Å². The molecule has 0 fully saturated rings. The maximum absolute atomic E-state index is 5.13. The van der Waals surface area contributed by atoms with Gasteiger partial charge in [0.1, 0.15) is 0 Å². The number of fused-ring (bicyclic) bond motifs is 10. The highest BCUT2D eigenvalue weighted by Crippen LogP contribution is 2.33. The molecule has 0 unspecified atom stereocenters. The van der Waals surface area contributed by atoms with Gasteiger partial charge in [0.15, 0.2) is 0 Å². The van der Waals surface area contributed by atoms with E-state index in [1.807, 2.05) is 0 Å². The lowest BCUT2D eigenvalue weighted by Gasteiger charge is -2.19. The molecule has 0 aliphatic carbocycles. The summed E-state index contributed by atoms with van der Waals surface area (Å²) in [6.07, 6.45) is 0.883. The predicted octanol–water partition coefficient (Wildman–Crippen LogP) is 6.90. The Balaban J connectivity index is 1.64. The summed E-state index contributed by atoms with van der Waals surface area (Å²) >= 11 is 0. The first-order valence-corrected chi connectivity index (χ1v) is 11.0. The van der Waals surface area contributed by atoms with Crippen LogP contribution >= 0.6 is 0 Å². The maximum atomic E-state index is 5.13. The lowest BCUT2D eigenvalue weighted by molar-refractivity contribution is 0.879. The minimum absolute atomic E-state index is 0.0367. The van der Waals surface area contributed by atoms with Crippen LogP contribution in [0.3, 0.4) is 0 Å². The highest BCUT2D eigenvalue weighted by atomic mass is 14.8. The van der Waals surface area contributed by atoms with E-state index >= 15 is 0 Å². The number of hydrogen-bond acceptors (Lipinski definition) is 2. The molecule has 2 heteroatoms. The molecule has 2 nitrogen and oxygen atoms in total. The van der Waals surface area contributed by atoms with Crippen molar-refractivity contribution in [1.29, 1.82) is 0 Å². The summed E-state index contributed by atoms with van der Waals surface area (Å²) < 4.78 is 0. The van der Waals surface area contributed by atoms with Crippen molar-refractivity contribution in [3.63, 3.8) is 0 Å². The van der Waals surface area contributed by atoms with E-state index < -0.39 is 0 Å². The van der Waals surface area contributed by atoms with Gasteiger partial charge in [-0.1, -0.05) is 78.9 Å². The van der Waals surface area contributed by atoms with E-state index in [1.54, 1.807) is 0 Å². The molecule has 0 saturated heterocycles. The van der Waals surface area contributed by atoms with Crippen LogP contribution in [-0.4, -0.2) is 9.97 Å². The largest absolute Gasteiger partial charge is 0.252 e. The summed E-state index contributed by atoms with van der Waals surface area (Å²) in [5.74, 6) is -0.0367. The summed E-state index contributed by atoms with van der Waals surface area (Å²) in [7, 11) is 0. The smallest absolute Gasteiger partial charge is 0.0705 e. The summed E-state index contributed by atoms with van der Waals surface area (Å²) in [4.78, 5) is 10.3. The van der Waals surface area contributed by atoms with Crippen molar-refractivity contribution < 1.29 is 0 Å². The quantitative estimate of drug-likeness (QED) is 0.295. The molecule has 8 bridgehead atoms. The zero-order valence-electron chi connectivity index (χ0n) is 17.6. The third-order valence-electron chi connectivity index (χ3n) is 6.12. The van der Waals surface area contributed by atoms with Crippen molar-refractivity contribution in [1.82, 2.24) is 9.97 Å². The van der Waals surface area contributed by atoms with Crippen LogP contribution in [-0.2, 0) is 6.42 Å². The summed E-state index contributed by atoms with van der Waals surface area (Å²) in [5.41, 5.74) is 10.0. The Hall–Kier alpha value is -4.04. The number of hydrogen-bond donors (Lipinski definition) is 0. The van der Waals surface area contributed by atoms with E-state index in [2.05, 4.69) is 115 Å². The fourth-order valence-corrected chi connectivity index (χ4v) is 4.60. The molecule has 152 valence electrons. The molecule has 0 atom stereocenters. The van der Waals surface area contributed by atoms with Gasteiger partial charge in [-0.3, -0.25) is 9.97 Å². The van der Waals surface area contributed by atoms with Crippen LogP contribution in [0, 0.1) is 0 Å². The average Bonchev–Trinajstić information content (AvgIpc) is 2.85. The van der Waals surface area contributed by atoms with Gasteiger partial charge in [0.05, 0.1) is 28.7 Å². The number of pyridine rings is 2. The van der Waals surface area contributed by atoms with E-state index in [9.17, 15) is 0 Å². The SMILES string of the molecule is c1ccc(C2c3cccc(n3)-c3cccc(c3)Cc3cccc(c3)-c3cccc2n3)cc1. The van der Waals surface area contributed by atoms with Crippen LogP contribution in [0.15, 0.2) is 115 Å². The second kappa shape index (κ2) is 7.90. The number of benzene rings is 3. The van der Waals surface area contributed by atoms with Crippen LogP contribution in [0.4, 0.5) is 0 Å². The second-order valence-electron chi connectivity index (χ2n) is 8.32. The lowest BCUT2D eigenvalue weighted by Crippen LogP contribution is -2.08. The molecule has 3 heterocycles. The Kier molecular flexibility index (Phi) is 4.62. The Morgan fingerprint density at radius 1 is 0.500 bits per heavy atom. The molecular weight excluding hydrogens is 388 g/mol. The molecule has 0 N–H and O–H groups in total. The minimum atomic E-state index is -0.0367. The molecule has 1 aliphatic heterocycles. The normalized spacial score (nSPS) is 12.8. The van der Waals surface area contributed by atoms with Gasteiger partial charge in [-0.25, -0.2) is 0 Å². The topological polar surface area (TPSA) is 25.8 Å². The molecule has 1 aliphatic rings. The maximum Gasteiger partial charge on any atom is 0.0705 e. The van der Waals surface area contributed by atoms with Gasteiger partial charge in [0.25, 0.3) is 0 Å². The van der Waals surface area contributed by atoms with Gasteiger partial charge >= 0.3 is 0 Å². The average molecular weight is 411 g/mol. The van der Waals surface area contributed by atoms with Crippen molar-refractivity contribution in [2.75, 3.05) is 0 Å².